The van der Waals surface area contributed by atoms with Crippen LogP contribution in [-0.4, -0.2) is 37.9 Å². The Balaban J connectivity index is 1.91. The fraction of sp³-hybridized carbons (Fsp3) is 0.312. The second-order valence-corrected chi connectivity index (χ2v) is 4.65. The molecule has 0 heterocycles. The first-order valence-corrected chi connectivity index (χ1v) is 6.81. The summed E-state index contributed by atoms with van der Waals surface area (Å²) in [5.41, 5.74) is 0. The van der Waals surface area contributed by atoms with E-state index in [2.05, 4.69) is 5.32 Å². The molecule has 0 radical (unpaired) electrons. The first-order chi connectivity index (χ1) is 10.2. The molecule has 1 amide bonds. The van der Waals surface area contributed by atoms with Crippen molar-refractivity contribution in [2.75, 3.05) is 26.9 Å². The molecule has 5 heteroatoms. The van der Waals surface area contributed by atoms with E-state index in [1.54, 1.807) is 19.2 Å². The van der Waals surface area contributed by atoms with Gasteiger partial charge < -0.3 is 19.9 Å². The SMILES string of the molecule is COCCCNC(=O)COc1cc2ccccc2cc1O. The van der Waals surface area contributed by atoms with Crippen molar-refractivity contribution in [3.63, 3.8) is 0 Å². The first-order valence-electron chi connectivity index (χ1n) is 6.81. The summed E-state index contributed by atoms with van der Waals surface area (Å²) in [4.78, 5) is 11.6. The lowest BCUT2D eigenvalue weighted by atomic mass is 10.1. The maximum absolute atomic E-state index is 11.6. The van der Waals surface area contributed by atoms with E-state index in [1.807, 2.05) is 24.3 Å². The molecule has 0 unspecified atom stereocenters. The maximum atomic E-state index is 11.6. The zero-order valence-corrected chi connectivity index (χ0v) is 12.0. The van der Waals surface area contributed by atoms with Crippen LogP contribution in [0.1, 0.15) is 6.42 Å². The third kappa shape index (κ3) is 4.36. The van der Waals surface area contributed by atoms with Gasteiger partial charge in [0.05, 0.1) is 0 Å². The molecule has 0 spiro atoms. The second kappa shape index (κ2) is 7.50. The molecule has 0 saturated carbocycles. The average molecular weight is 289 g/mol. The molecule has 0 bridgehead atoms. The normalized spacial score (nSPS) is 10.5. The Morgan fingerprint density at radius 1 is 1.24 bits per heavy atom. The minimum absolute atomic E-state index is 0.0286. The second-order valence-electron chi connectivity index (χ2n) is 4.65. The number of ether oxygens (including phenoxy) is 2. The van der Waals surface area contributed by atoms with Crippen molar-refractivity contribution in [3.05, 3.63) is 36.4 Å². The molecule has 0 saturated heterocycles. The monoisotopic (exact) mass is 289 g/mol. The number of hydrogen-bond donors (Lipinski definition) is 2. The smallest absolute Gasteiger partial charge is 0.257 e. The van der Waals surface area contributed by atoms with Gasteiger partial charge in [-0.15, -0.1) is 0 Å². The van der Waals surface area contributed by atoms with E-state index in [0.717, 1.165) is 17.2 Å². The van der Waals surface area contributed by atoms with Gasteiger partial charge in [0, 0.05) is 20.3 Å². The molecule has 0 atom stereocenters. The molecule has 2 rings (SSSR count). The number of benzene rings is 2. The van der Waals surface area contributed by atoms with E-state index in [9.17, 15) is 9.90 Å². The Bertz CT molecular complexity index is 612. The van der Waals surface area contributed by atoms with Crippen molar-refractivity contribution in [1.82, 2.24) is 5.32 Å². The van der Waals surface area contributed by atoms with Crippen LogP contribution in [0.5, 0.6) is 11.5 Å². The van der Waals surface area contributed by atoms with Crippen LogP contribution in [-0.2, 0) is 9.53 Å². The predicted molar refractivity (Wildman–Crippen MR) is 80.6 cm³/mol. The molecule has 0 aromatic heterocycles. The number of phenolic OH excluding ortho intramolecular Hbond substituents is 1. The zero-order valence-electron chi connectivity index (χ0n) is 12.0. The van der Waals surface area contributed by atoms with Crippen LogP contribution < -0.4 is 10.1 Å². The van der Waals surface area contributed by atoms with E-state index in [0.29, 0.717) is 18.9 Å². The summed E-state index contributed by atoms with van der Waals surface area (Å²) in [5.74, 6) is 0.111. The summed E-state index contributed by atoms with van der Waals surface area (Å²) in [7, 11) is 1.62. The molecule has 2 aromatic carbocycles. The molecular weight excluding hydrogens is 270 g/mol. The molecule has 0 aliphatic rings. The lowest BCUT2D eigenvalue weighted by Crippen LogP contribution is -2.30. The minimum atomic E-state index is -0.223. The van der Waals surface area contributed by atoms with E-state index >= 15 is 0 Å². The number of nitrogens with one attached hydrogen (secondary N) is 1. The number of carbonyl (C=O) groups excluding carboxylic acids is 1. The number of carbonyl (C=O) groups is 1. The number of rotatable bonds is 7. The van der Waals surface area contributed by atoms with Gasteiger partial charge in [0.15, 0.2) is 18.1 Å². The Kier molecular flexibility index (Phi) is 5.40. The quantitative estimate of drug-likeness (QED) is 0.766. The zero-order chi connectivity index (χ0) is 15.1. The third-order valence-electron chi connectivity index (χ3n) is 3.03. The Morgan fingerprint density at radius 2 is 1.95 bits per heavy atom. The average Bonchev–Trinajstić information content (AvgIpc) is 2.49. The molecule has 112 valence electrons. The van der Waals surface area contributed by atoms with Crippen molar-refractivity contribution in [1.29, 1.82) is 0 Å². The fourth-order valence-electron chi connectivity index (χ4n) is 1.96. The van der Waals surface area contributed by atoms with Crippen LogP contribution in [0.25, 0.3) is 10.8 Å². The molecule has 0 aliphatic carbocycles. The van der Waals surface area contributed by atoms with Crippen molar-refractivity contribution in [3.8, 4) is 11.5 Å². The Labute approximate surface area is 123 Å². The van der Waals surface area contributed by atoms with Crippen LogP contribution in [0, 0.1) is 0 Å². The lowest BCUT2D eigenvalue weighted by molar-refractivity contribution is -0.123. The number of amides is 1. The third-order valence-corrected chi connectivity index (χ3v) is 3.03. The van der Waals surface area contributed by atoms with Gasteiger partial charge in [-0.05, 0) is 29.3 Å². The van der Waals surface area contributed by atoms with Gasteiger partial charge in [-0.2, -0.15) is 0 Å². The largest absolute Gasteiger partial charge is 0.504 e. The van der Waals surface area contributed by atoms with Crippen molar-refractivity contribution >= 4 is 16.7 Å². The number of aromatic hydroxyl groups is 1. The highest BCUT2D eigenvalue weighted by Gasteiger charge is 2.07. The number of phenols is 1. The maximum Gasteiger partial charge on any atom is 0.257 e. The molecule has 2 N–H and O–H groups in total. The van der Waals surface area contributed by atoms with Gasteiger partial charge in [-0.25, -0.2) is 0 Å². The summed E-state index contributed by atoms with van der Waals surface area (Å²) in [5, 5.41) is 14.5. The van der Waals surface area contributed by atoms with Gasteiger partial charge in [0.1, 0.15) is 0 Å². The van der Waals surface area contributed by atoms with Crippen LogP contribution in [0.3, 0.4) is 0 Å². The molecule has 5 nitrogen and oxygen atoms in total. The van der Waals surface area contributed by atoms with E-state index in [-0.39, 0.29) is 18.3 Å². The molecule has 0 fully saturated rings. The highest BCUT2D eigenvalue weighted by molar-refractivity contribution is 5.86. The lowest BCUT2D eigenvalue weighted by Gasteiger charge is -2.10. The van der Waals surface area contributed by atoms with Gasteiger partial charge in [0.25, 0.3) is 5.91 Å². The highest BCUT2D eigenvalue weighted by atomic mass is 16.5. The molecule has 21 heavy (non-hydrogen) atoms. The van der Waals surface area contributed by atoms with Crippen molar-refractivity contribution < 1.29 is 19.4 Å². The van der Waals surface area contributed by atoms with E-state index in [4.69, 9.17) is 9.47 Å². The summed E-state index contributed by atoms with van der Waals surface area (Å²) in [6, 6.07) is 11.0. The van der Waals surface area contributed by atoms with Crippen LogP contribution in [0.15, 0.2) is 36.4 Å². The van der Waals surface area contributed by atoms with Gasteiger partial charge in [-0.1, -0.05) is 24.3 Å². The summed E-state index contributed by atoms with van der Waals surface area (Å²) in [6.07, 6.45) is 0.753. The predicted octanol–water partition coefficient (Wildman–Crippen LogP) is 2.08. The topological polar surface area (TPSA) is 67.8 Å². The summed E-state index contributed by atoms with van der Waals surface area (Å²) in [6.45, 7) is 1.02. The van der Waals surface area contributed by atoms with Crippen molar-refractivity contribution in [2.24, 2.45) is 0 Å². The Hall–Kier alpha value is -2.27. The van der Waals surface area contributed by atoms with Gasteiger partial charge in [0.2, 0.25) is 0 Å². The van der Waals surface area contributed by atoms with E-state index < -0.39 is 0 Å². The fourth-order valence-corrected chi connectivity index (χ4v) is 1.96. The standard InChI is InChI=1S/C16H19NO4/c1-20-8-4-7-17-16(19)11-21-15-10-13-6-3-2-5-12(13)9-14(15)18/h2-3,5-6,9-10,18H,4,7-8,11H2,1H3,(H,17,19). The van der Waals surface area contributed by atoms with Gasteiger partial charge >= 0.3 is 0 Å². The number of fused-ring (bicyclic) bond motifs is 1. The number of hydrogen-bond acceptors (Lipinski definition) is 4. The highest BCUT2D eigenvalue weighted by Crippen LogP contribution is 2.31. The van der Waals surface area contributed by atoms with Crippen molar-refractivity contribution in [2.45, 2.75) is 6.42 Å². The molecular formula is C16H19NO4. The first kappa shape index (κ1) is 15.1. The molecule has 0 aliphatic heterocycles. The van der Waals surface area contributed by atoms with Gasteiger partial charge in [-0.3, -0.25) is 4.79 Å². The number of methoxy groups -OCH3 is 1. The Morgan fingerprint density at radius 3 is 2.67 bits per heavy atom. The van der Waals surface area contributed by atoms with Crippen LogP contribution in [0.4, 0.5) is 0 Å². The minimum Gasteiger partial charge on any atom is -0.504 e. The molecule has 2 aromatic rings. The van der Waals surface area contributed by atoms with Crippen LogP contribution in [0.2, 0.25) is 0 Å². The van der Waals surface area contributed by atoms with Crippen LogP contribution >= 0.6 is 0 Å². The van der Waals surface area contributed by atoms with E-state index in [1.165, 1.54) is 0 Å². The summed E-state index contributed by atoms with van der Waals surface area (Å²) < 4.78 is 10.3. The summed E-state index contributed by atoms with van der Waals surface area (Å²) >= 11 is 0.